The van der Waals surface area contributed by atoms with Gasteiger partial charge in [-0.3, -0.25) is 4.79 Å². The summed E-state index contributed by atoms with van der Waals surface area (Å²) in [5.74, 6) is -0.903. The predicted octanol–water partition coefficient (Wildman–Crippen LogP) is 4.27. The number of carbonyl (C=O) groups is 2. The van der Waals surface area contributed by atoms with Crippen molar-refractivity contribution in [2.75, 3.05) is 5.32 Å². The third-order valence-electron chi connectivity index (χ3n) is 4.47. The van der Waals surface area contributed by atoms with Gasteiger partial charge in [0.05, 0.1) is 5.56 Å². The number of amides is 1. The highest BCUT2D eigenvalue weighted by molar-refractivity contribution is 5.99. The van der Waals surface area contributed by atoms with Gasteiger partial charge in [0.25, 0.3) is 5.91 Å². The molecule has 0 saturated carbocycles. The molecule has 1 N–H and O–H groups in total. The van der Waals surface area contributed by atoms with Crippen molar-refractivity contribution < 1.29 is 18.7 Å². The van der Waals surface area contributed by atoms with E-state index in [1.807, 2.05) is 32.0 Å². The first-order valence-electron chi connectivity index (χ1n) is 8.97. The van der Waals surface area contributed by atoms with E-state index < -0.39 is 12.1 Å². The Bertz CT molecular complexity index is 977. The normalized spacial score (nSPS) is 12.0. The molecule has 6 nitrogen and oxygen atoms in total. The molecule has 1 aromatic heterocycles. The topological polar surface area (TPSA) is 81.4 Å². The molecule has 1 atom stereocenters. The Kier molecular flexibility index (Phi) is 5.54. The number of carbonyl (C=O) groups excluding carboxylic acids is 2. The molecule has 0 aliphatic rings. The lowest BCUT2D eigenvalue weighted by molar-refractivity contribution is -0.124. The standard InChI is InChI=1S/C21H22N2O4/c1-4-14-8-6-7-13(3)19(14)23-20(24)17(5-2)27-21(25)15-9-10-18-16(11-15)22-12-26-18/h6-12,17H,4-5H2,1-3H3,(H,23,24). The quantitative estimate of drug-likeness (QED) is 0.659. The van der Waals surface area contributed by atoms with Crippen LogP contribution >= 0.6 is 0 Å². The summed E-state index contributed by atoms with van der Waals surface area (Å²) >= 11 is 0. The summed E-state index contributed by atoms with van der Waals surface area (Å²) in [6, 6.07) is 10.7. The number of ether oxygens (including phenoxy) is 1. The Morgan fingerprint density at radius 2 is 2.04 bits per heavy atom. The van der Waals surface area contributed by atoms with Crippen LogP contribution in [0.1, 0.15) is 41.8 Å². The van der Waals surface area contributed by atoms with E-state index in [1.165, 1.54) is 6.39 Å². The minimum atomic E-state index is -0.880. The summed E-state index contributed by atoms with van der Waals surface area (Å²) in [6.07, 6.45) is 1.60. The van der Waals surface area contributed by atoms with Gasteiger partial charge >= 0.3 is 5.97 Å². The average molecular weight is 366 g/mol. The van der Waals surface area contributed by atoms with Crippen LogP contribution in [0.4, 0.5) is 5.69 Å². The molecule has 2 aromatic carbocycles. The van der Waals surface area contributed by atoms with Crippen molar-refractivity contribution in [3.05, 3.63) is 59.5 Å². The van der Waals surface area contributed by atoms with Crippen molar-refractivity contribution >= 4 is 28.7 Å². The number of nitrogens with zero attached hydrogens (tertiary/aromatic N) is 1. The zero-order valence-electron chi connectivity index (χ0n) is 15.6. The van der Waals surface area contributed by atoms with E-state index in [4.69, 9.17) is 9.15 Å². The maximum absolute atomic E-state index is 12.7. The average Bonchev–Trinajstić information content (AvgIpc) is 3.15. The molecule has 27 heavy (non-hydrogen) atoms. The van der Waals surface area contributed by atoms with Crippen LogP contribution in [0.3, 0.4) is 0 Å². The Morgan fingerprint density at radius 1 is 1.22 bits per heavy atom. The first kappa shape index (κ1) is 18.6. The molecule has 3 rings (SSSR count). The van der Waals surface area contributed by atoms with E-state index in [-0.39, 0.29) is 5.91 Å². The highest BCUT2D eigenvalue weighted by Crippen LogP contribution is 2.22. The van der Waals surface area contributed by atoms with Crippen LogP contribution in [0.25, 0.3) is 11.1 Å². The van der Waals surface area contributed by atoms with E-state index in [1.54, 1.807) is 25.1 Å². The molecule has 1 heterocycles. The molecular formula is C21H22N2O4. The molecular weight excluding hydrogens is 344 g/mol. The van der Waals surface area contributed by atoms with Crippen molar-refractivity contribution in [3.8, 4) is 0 Å². The van der Waals surface area contributed by atoms with E-state index in [0.717, 1.165) is 23.2 Å². The van der Waals surface area contributed by atoms with Crippen LogP contribution < -0.4 is 5.32 Å². The van der Waals surface area contributed by atoms with Gasteiger partial charge in [-0.2, -0.15) is 0 Å². The summed E-state index contributed by atoms with van der Waals surface area (Å²) in [5.41, 5.74) is 4.27. The molecule has 0 fully saturated rings. The van der Waals surface area contributed by atoms with E-state index in [0.29, 0.717) is 23.1 Å². The van der Waals surface area contributed by atoms with Crippen LogP contribution in [0, 0.1) is 6.92 Å². The van der Waals surface area contributed by atoms with Gasteiger partial charge in [0.15, 0.2) is 18.1 Å². The molecule has 0 radical (unpaired) electrons. The fourth-order valence-corrected chi connectivity index (χ4v) is 2.91. The molecule has 0 aliphatic carbocycles. The minimum Gasteiger partial charge on any atom is -0.449 e. The number of benzene rings is 2. The SMILES string of the molecule is CCc1cccc(C)c1NC(=O)C(CC)OC(=O)c1ccc2ocnc2c1. The second-order valence-electron chi connectivity index (χ2n) is 6.29. The molecule has 140 valence electrons. The number of anilines is 1. The maximum Gasteiger partial charge on any atom is 0.338 e. The van der Waals surface area contributed by atoms with Crippen molar-refractivity contribution in [3.63, 3.8) is 0 Å². The largest absolute Gasteiger partial charge is 0.449 e. The van der Waals surface area contributed by atoms with E-state index >= 15 is 0 Å². The number of nitrogens with one attached hydrogen (secondary N) is 1. The zero-order chi connectivity index (χ0) is 19.4. The summed E-state index contributed by atoms with van der Waals surface area (Å²) in [6.45, 7) is 5.77. The number of hydrogen-bond donors (Lipinski definition) is 1. The first-order chi connectivity index (χ1) is 13.0. The predicted molar refractivity (Wildman–Crippen MR) is 103 cm³/mol. The van der Waals surface area contributed by atoms with Crippen molar-refractivity contribution in [2.24, 2.45) is 0 Å². The van der Waals surface area contributed by atoms with Gasteiger partial charge in [0.2, 0.25) is 0 Å². The smallest absolute Gasteiger partial charge is 0.338 e. The first-order valence-corrected chi connectivity index (χ1v) is 8.97. The third-order valence-corrected chi connectivity index (χ3v) is 4.47. The van der Waals surface area contributed by atoms with Crippen LogP contribution in [-0.4, -0.2) is 23.0 Å². The molecule has 0 spiro atoms. The number of fused-ring (bicyclic) bond motifs is 1. The fraction of sp³-hybridized carbons (Fsp3) is 0.286. The molecule has 3 aromatic rings. The Morgan fingerprint density at radius 3 is 2.78 bits per heavy atom. The number of rotatable bonds is 6. The Labute approximate surface area is 157 Å². The van der Waals surface area contributed by atoms with Gasteiger partial charge in [-0.1, -0.05) is 32.0 Å². The zero-order valence-corrected chi connectivity index (χ0v) is 15.6. The fourth-order valence-electron chi connectivity index (χ4n) is 2.91. The van der Waals surface area contributed by atoms with Crippen molar-refractivity contribution in [2.45, 2.75) is 39.7 Å². The monoisotopic (exact) mass is 366 g/mol. The van der Waals surface area contributed by atoms with Gasteiger partial charge in [-0.15, -0.1) is 0 Å². The number of aromatic nitrogens is 1. The van der Waals surface area contributed by atoms with Crippen LogP contribution in [0.5, 0.6) is 0 Å². The minimum absolute atomic E-state index is 0.327. The molecule has 6 heteroatoms. The van der Waals surface area contributed by atoms with Crippen LogP contribution in [0.15, 0.2) is 47.2 Å². The molecule has 0 aliphatic heterocycles. The summed E-state index contributed by atoms with van der Waals surface area (Å²) in [5, 5.41) is 2.92. The van der Waals surface area contributed by atoms with Gasteiger partial charge in [0.1, 0.15) is 5.52 Å². The van der Waals surface area contributed by atoms with Crippen LogP contribution in [-0.2, 0) is 16.0 Å². The van der Waals surface area contributed by atoms with E-state index in [2.05, 4.69) is 10.3 Å². The summed E-state index contributed by atoms with van der Waals surface area (Å²) in [4.78, 5) is 29.2. The second-order valence-corrected chi connectivity index (χ2v) is 6.29. The molecule has 0 bridgehead atoms. The molecule has 1 amide bonds. The highest BCUT2D eigenvalue weighted by Gasteiger charge is 2.23. The lowest BCUT2D eigenvalue weighted by Gasteiger charge is -2.18. The number of esters is 1. The van der Waals surface area contributed by atoms with Gasteiger partial charge in [0, 0.05) is 5.69 Å². The van der Waals surface area contributed by atoms with Gasteiger partial charge in [-0.25, -0.2) is 9.78 Å². The number of hydrogen-bond acceptors (Lipinski definition) is 5. The van der Waals surface area contributed by atoms with Crippen molar-refractivity contribution in [1.29, 1.82) is 0 Å². The lowest BCUT2D eigenvalue weighted by Crippen LogP contribution is -2.32. The Hall–Kier alpha value is -3.15. The van der Waals surface area contributed by atoms with Gasteiger partial charge < -0.3 is 14.5 Å². The molecule has 1 unspecified atom stereocenters. The summed E-state index contributed by atoms with van der Waals surface area (Å²) < 4.78 is 10.6. The number of para-hydroxylation sites is 1. The van der Waals surface area contributed by atoms with E-state index in [9.17, 15) is 9.59 Å². The van der Waals surface area contributed by atoms with Crippen LogP contribution in [0.2, 0.25) is 0 Å². The highest BCUT2D eigenvalue weighted by atomic mass is 16.5. The Balaban J connectivity index is 1.74. The summed E-state index contributed by atoms with van der Waals surface area (Å²) in [7, 11) is 0. The van der Waals surface area contributed by atoms with Gasteiger partial charge in [-0.05, 0) is 49.1 Å². The second kappa shape index (κ2) is 8.03. The number of aryl methyl sites for hydroxylation is 2. The third kappa shape index (κ3) is 4.00. The number of oxazole rings is 1. The lowest BCUT2D eigenvalue weighted by atomic mass is 10.1. The van der Waals surface area contributed by atoms with Crippen molar-refractivity contribution in [1.82, 2.24) is 4.98 Å². The molecule has 0 saturated heterocycles. The maximum atomic E-state index is 12.7.